The highest BCUT2D eigenvalue weighted by atomic mass is 32.1. The lowest BCUT2D eigenvalue weighted by Crippen LogP contribution is -2.40. The number of piperidine rings is 1. The molecule has 0 aliphatic carbocycles. The van der Waals surface area contributed by atoms with E-state index in [2.05, 4.69) is 25.4 Å². The SMILES string of the molecule is Cc1nc(C)c(CNC(=O)C2CCN(c3ccc(-c4ccccc4)nn3)CC2)s1. The van der Waals surface area contributed by atoms with Gasteiger partial charge in [-0.15, -0.1) is 21.5 Å². The molecule has 4 rings (SSSR count). The molecule has 1 aliphatic rings. The van der Waals surface area contributed by atoms with Gasteiger partial charge in [-0.25, -0.2) is 4.98 Å². The number of hydrogen-bond acceptors (Lipinski definition) is 6. The number of anilines is 1. The van der Waals surface area contributed by atoms with Crippen LogP contribution in [0.4, 0.5) is 5.82 Å². The predicted molar refractivity (Wildman–Crippen MR) is 116 cm³/mol. The van der Waals surface area contributed by atoms with Gasteiger partial charge in [0, 0.05) is 29.4 Å². The van der Waals surface area contributed by atoms with E-state index in [0.29, 0.717) is 6.54 Å². The van der Waals surface area contributed by atoms with Crippen molar-refractivity contribution < 1.29 is 4.79 Å². The molecular weight excluding hydrogens is 382 g/mol. The molecule has 1 saturated heterocycles. The maximum absolute atomic E-state index is 12.6. The van der Waals surface area contributed by atoms with E-state index < -0.39 is 0 Å². The number of thiazole rings is 1. The van der Waals surface area contributed by atoms with Crippen LogP contribution in [-0.4, -0.2) is 34.2 Å². The first-order valence-electron chi connectivity index (χ1n) is 9.95. The molecule has 1 N–H and O–H groups in total. The Bertz CT molecular complexity index is 963. The number of hydrogen-bond donors (Lipinski definition) is 1. The molecule has 150 valence electrons. The van der Waals surface area contributed by atoms with Gasteiger partial charge in [-0.2, -0.15) is 0 Å². The summed E-state index contributed by atoms with van der Waals surface area (Å²) in [7, 11) is 0. The monoisotopic (exact) mass is 407 g/mol. The van der Waals surface area contributed by atoms with Gasteiger partial charge in [-0.3, -0.25) is 4.79 Å². The van der Waals surface area contributed by atoms with Gasteiger partial charge in [0.05, 0.1) is 22.9 Å². The third-order valence-electron chi connectivity index (χ3n) is 5.33. The minimum atomic E-state index is 0.0529. The number of aryl methyl sites for hydroxylation is 2. The zero-order valence-electron chi connectivity index (χ0n) is 16.8. The van der Waals surface area contributed by atoms with Gasteiger partial charge in [-0.1, -0.05) is 30.3 Å². The molecule has 6 nitrogen and oxygen atoms in total. The highest BCUT2D eigenvalue weighted by Crippen LogP contribution is 2.24. The molecule has 1 aromatic carbocycles. The lowest BCUT2D eigenvalue weighted by molar-refractivity contribution is -0.125. The summed E-state index contributed by atoms with van der Waals surface area (Å²) in [4.78, 5) is 20.3. The zero-order chi connectivity index (χ0) is 20.2. The average molecular weight is 408 g/mol. The van der Waals surface area contributed by atoms with Crippen molar-refractivity contribution in [2.45, 2.75) is 33.2 Å². The molecule has 0 atom stereocenters. The van der Waals surface area contributed by atoms with E-state index in [9.17, 15) is 4.79 Å². The molecule has 1 aliphatic heterocycles. The second-order valence-electron chi connectivity index (χ2n) is 7.36. The largest absolute Gasteiger partial charge is 0.355 e. The summed E-state index contributed by atoms with van der Waals surface area (Å²) in [5, 5.41) is 12.9. The fourth-order valence-corrected chi connectivity index (χ4v) is 4.55. The number of nitrogens with zero attached hydrogens (tertiary/aromatic N) is 4. The molecule has 0 spiro atoms. The Kier molecular flexibility index (Phi) is 5.85. The Hall–Kier alpha value is -2.80. The van der Waals surface area contributed by atoms with Crippen molar-refractivity contribution in [1.29, 1.82) is 0 Å². The fraction of sp³-hybridized carbons (Fsp3) is 0.364. The number of rotatable bonds is 5. The van der Waals surface area contributed by atoms with E-state index in [0.717, 1.165) is 58.6 Å². The van der Waals surface area contributed by atoms with Gasteiger partial charge in [0.2, 0.25) is 5.91 Å². The smallest absolute Gasteiger partial charge is 0.223 e. The van der Waals surface area contributed by atoms with Crippen LogP contribution >= 0.6 is 11.3 Å². The quantitative estimate of drug-likeness (QED) is 0.697. The maximum Gasteiger partial charge on any atom is 0.223 e. The predicted octanol–water partition coefficient (Wildman–Crippen LogP) is 3.75. The van der Waals surface area contributed by atoms with Gasteiger partial charge < -0.3 is 10.2 Å². The van der Waals surface area contributed by atoms with E-state index in [1.54, 1.807) is 11.3 Å². The normalized spacial score (nSPS) is 14.8. The number of nitrogens with one attached hydrogen (secondary N) is 1. The Balaban J connectivity index is 1.30. The molecule has 0 unspecified atom stereocenters. The van der Waals surface area contributed by atoms with Crippen LogP contribution in [0.1, 0.15) is 28.4 Å². The second kappa shape index (κ2) is 8.69. The average Bonchev–Trinajstić information content (AvgIpc) is 3.10. The van der Waals surface area contributed by atoms with Crippen LogP contribution in [0, 0.1) is 19.8 Å². The van der Waals surface area contributed by atoms with Crippen LogP contribution < -0.4 is 10.2 Å². The van der Waals surface area contributed by atoms with E-state index >= 15 is 0 Å². The summed E-state index contributed by atoms with van der Waals surface area (Å²) < 4.78 is 0. The molecule has 1 fully saturated rings. The zero-order valence-corrected chi connectivity index (χ0v) is 17.6. The Morgan fingerprint density at radius 1 is 1.10 bits per heavy atom. The first-order chi connectivity index (χ1) is 14.1. The second-order valence-corrected chi connectivity index (χ2v) is 8.65. The van der Waals surface area contributed by atoms with Crippen LogP contribution in [0.5, 0.6) is 0 Å². The molecule has 1 amide bonds. The van der Waals surface area contributed by atoms with Gasteiger partial charge in [-0.05, 0) is 38.8 Å². The van der Waals surface area contributed by atoms with Crippen LogP contribution in [-0.2, 0) is 11.3 Å². The number of aromatic nitrogens is 3. The first-order valence-corrected chi connectivity index (χ1v) is 10.8. The minimum Gasteiger partial charge on any atom is -0.355 e. The standard InChI is InChI=1S/C22H25N5OS/c1-15-20(29-16(2)24-15)14-23-22(28)18-10-12-27(13-11-18)21-9-8-19(25-26-21)17-6-4-3-5-7-17/h3-9,18H,10-14H2,1-2H3,(H,23,28). The van der Waals surface area contributed by atoms with Crippen LogP contribution in [0.25, 0.3) is 11.3 Å². The molecule has 0 bridgehead atoms. The van der Waals surface area contributed by atoms with Crippen molar-refractivity contribution in [3.63, 3.8) is 0 Å². The summed E-state index contributed by atoms with van der Waals surface area (Å²) in [6, 6.07) is 14.1. The van der Waals surface area contributed by atoms with Crippen molar-refractivity contribution >= 4 is 23.1 Å². The Morgan fingerprint density at radius 3 is 2.48 bits per heavy atom. The highest BCUT2D eigenvalue weighted by Gasteiger charge is 2.26. The molecular formula is C22H25N5OS. The van der Waals surface area contributed by atoms with Gasteiger partial charge in [0.15, 0.2) is 5.82 Å². The molecule has 2 aromatic heterocycles. The van der Waals surface area contributed by atoms with Gasteiger partial charge >= 0.3 is 0 Å². The first kappa shape index (κ1) is 19.5. The van der Waals surface area contributed by atoms with Gasteiger partial charge in [0.25, 0.3) is 0 Å². The summed E-state index contributed by atoms with van der Waals surface area (Å²) in [6.45, 7) is 6.19. The van der Waals surface area contributed by atoms with Gasteiger partial charge in [0.1, 0.15) is 0 Å². The summed E-state index contributed by atoms with van der Waals surface area (Å²) in [5.74, 6) is 1.07. The molecule has 29 heavy (non-hydrogen) atoms. The summed E-state index contributed by atoms with van der Waals surface area (Å²) in [5.41, 5.74) is 2.95. The minimum absolute atomic E-state index is 0.0529. The van der Waals surface area contributed by atoms with Crippen LogP contribution in [0.2, 0.25) is 0 Å². The molecule has 0 radical (unpaired) electrons. The maximum atomic E-state index is 12.6. The molecule has 3 heterocycles. The molecule has 7 heteroatoms. The van der Waals surface area contributed by atoms with E-state index in [1.165, 1.54) is 0 Å². The lowest BCUT2D eigenvalue weighted by Gasteiger charge is -2.31. The van der Waals surface area contributed by atoms with Crippen molar-refractivity contribution in [2.75, 3.05) is 18.0 Å². The number of benzene rings is 1. The number of amides is 1. The Labute approximate surface area is 175 Å². The Morgan fingerprint density at radius 2 is 1.86 bits per heavy atom. The third kappa shape index (κ3) is 4.62. The molecule has 3 aromatic rings. The third-order valence-corrected chi connectivity index (χ3v) is 6.41. The lowest BCUT2D eigenvalue weighted by atomic mass is 9.96. The summed E-state index contributed by atoms with van der Waals surface area (Å²) >= 11 is 1.65. The van der Waals surface area contributed by atoms with Crippen molar-refractivity contribution in [3.05, 3.63) is 58.0 Å². The highest BCUT2D eigenvalue weighted by molar-refractivity contribution is 7.11. The van der Waals surface area contributed by atoms with Crippen molar-refractivity contribution in [2.24, 2.45) is 5.92 Å². The van der Waals surface area contributed by atoms with Crippen molar-refractivity contribution in [1.82, 2.24) is 20.5 Å². The van der Waals surface area contributed by atoms with Crippen molar-refractivity contribution in [3.8, 4) is 11.3 Å². The molecule has 0 saturated carbocycles. The van der Waals surface area contributed by atoms with E-state index in [-0.39, 0.29) is 11.8 Å². The van der Waals surface area contributed by atoms with E-state index in [4.69, 9.17) is 0 Å². The van der Waals surface area contributed by atoms with Crippen LogP contribution in [0.15, 0.2) is 42.5 Å². The number of carbonyl (C=O) groups excluding carboxylic acids is 1. The fourth-order valence-electron chi connectivity index (χ4n) is 3.68. The number of carbonyl (C=O) groups is 1. The van der Waals surface area contributed by atoms with E-state index in [1.807, 2.05) is 56.3 Å². The topological polar surface area (TPSA) is 71.0 Å². The van der Waals surface area contributed by atoms with Crippen LogP contribution in [0.3, 0.4) is 0 Å². The summed E-state index contributed by atoms with van der Waals surface area (Å²) in [6.07, 6.45) is 1.66.